The van der Waals surface area contributed by atoms with Crippen LogP contribution in [0.3, 0.4) is 0 Å². The van der Waals surface area contributed by atoms with E-state index >= 15 is 0 Å². The van der Waals surface area contributed by atoms with Gasteiger partial charge < -0.3 is 5.32 Å². The number of nitrogens with one attached hydrogen (secondary N) is 1. The Kier molecular flexibility index (Phi) is 3.54. The fourth-order valence-corrected chi connectivity index (χ4v) is 2.17. The summed E-state index contributed by atoms with van der Waals surface area (Å²) in [6.45, 7) is 3.17. The molecule has 0 atom stereocenters. The third-order valence-corrected chi connectivity index (χ3v) is 3.24. The third kappa shape index (κ3) is 2.40. The van der Waals surface area contributed by atoms with E-state index in [2.05, 4.69) is 12.2 Å². The summed E-state index contributed by atoms with van der Waals surface area (Å²) in [5, 5.41) is 3.43. The lowest BCUT2D eigenvalue weighted by Gasteiger charge is -2.36. The van der Waals surface area contributed by atoms with E-state index in [-0.39, 0.29) is 0 Å². The van der Waals surface area contributed by atoms with Gasteiger partial charge in [0.25, 0.3) is 0 Å². The van der Waals surface area contributed by atoms with Crippen LogP contribution in [0.5, 0.6) is 0 Å². The predicted octanol–water partition coefficient (Wildman–Crippen LogP) is 3.21. The zero-order valence-corrected chi connectivity index (χ0v) is 9.47. The molecule has 0 radical (unpaired) electrons. The number of benzene rings is 1. The molecule has 1 fully saturated rings. The van der Waals surface area contributed by atoms with Crippen molar-refractivity contribution < 1.29 is 8.78 Å². The van der Waals surface area contributed by atoms with Crippen LogP contribution in [0.2, 0.25) is 0 Å². The second kappa shape index (κ2) is 4.91. The summed E-state index contributed by atoms with van der Waals surface area (Å²) < 4.78 is 25.7. The van der Waals surface area contributed by atoms with Crippen molar-refractivity contribution in [2.45, 2.75) is 38.1 Å². The van der Waals surface area contributed by atoms with E-state index in [0.29, 0.717) is 12.0 Å². The Labute approximate surface area is 94.9 Å². The summed E-state index contributed by atoms with van der Waals surface area (Å²) in [4.78, 5) is 0. The van der Waals surface area contributed by atoms with Crippen molar-refractivity contribution in [3.8, 4) is 0 Å². The molecule has 1 aromatic carbocycles. The van der Waals surface area contributed by atoms with E-state index in [4.69, 9.17) is 0 Å². The average molecular weight is 225 g/mol. The van der Waals surface area contributed by atoms with Crippen molar-refractivity contribution in [1.82, 2.24) is 5.32 Å². The minimum absolute atomic E-state index is 0.393. The van der Waals surface area contributed by atoms with Crippen LogP contribution in [0.1, 0.15) is 37.7 Å². The first-order valence-electron chi connectivity index (χ1n) is 5.89. The van der Waals surface area contributed by atoms with Crippen molar-refractivity contribution in [3.05, 3.63) is 35.4 Å². The predicted molar refractivity (Wildman–Crippen MR) is 60.4 cm³/mol. The largest absolute Gasteiger partial charge is 0.314 e. The van der Waals surface area contributed by atoms with Crippen LogP contribution in [0.15, 0.2) is 18.2 Å². The normalized spacial score (nSPS) is 24.2. The second-order valence-electron chi connectivity index (χ2n) is 4.49. The highest BCUT2D eigenvalue weighted by atomic mass is 19.2. The Balaban J connectivity index is 1.89. The standard InChI is InChI=1S/C13H17F2N/c1-2-5-16-11-6-10(7-11)9-3-4-12(14)13(15)8-9/h3-4,8,10-11,16H,2,5-7H2,1H3. The first-order chi connectivity index (χ1) is 7.70. The quantitative estimate of drug-likeness (QED) is 0.829. The van der Waals surface area contributed by atoms with Crippen LogP contribution < -0.4 is 5.32 Å². The highest BCUT2D eigenvalue weighted by molar-refractivity contribution is 5.24. The molecule has 1 aliphatic rings. The van der Waals surface area contributed by atoms with Crippen LogP contribution >= 0.6 is 0 Å². The SMILES string of the molecule is CCCNC1CC(c2ccc(F)c(F)c2)C1. The molecule has 0 amide bonds. The molecule has 3 heteroatoms. The Bertz CT molecular complexity index is 359. The third-order valence-electron chi connectivity index (χ3n) is 3.24. The molecule has 1 N–H and O–H groups in total. The molecule has 0 heterocycles. The number of halogens is 2. The van der Waals surface area contributed by atoms with Crippen LogP contribution in [0, 0.1) is 11.6 Å². The summed E-state index contributed by atoms with van der Waals surface area (Å²) in [7, 11) is 0. The van der Waals surface area contributed by atoms with E-state index in [1.807, 2.05) is 0 Å². The summed E-state index contributed by atoms with van der Waals surface area (Å²) in [5.74, 6) is -1.10. The zero-order valence-electron chi connectivity index (χ0n) is 9.47. The Morgan fingerprint density at radius 3 is 2.62 bits per heavy atom. The molecule has 1 saturated carbocycles. The van der Waals surface area contributed by atoms with Gasteiger partial charge >= 0.3 is 0 Å². The summed E-state index contributed by atoms with van der Waals surface area (Å²) >= 11 is 0. The van der Waals surface area contributed by atoms with E-state index in [0.717, 1.165) is 31.4 Å². The molecule has 1 aromatic rings. The minimum atomic E-state index is -0.760. The van der Waals surface area contributed by atoms with Gasteiger partial charge in [0.05, 0.1) is 0 Å². The lowest BCUT2D eigenvalue weighted by molar-refractivity contribution is 0.291. The van der Waals surface area contributed by atoms with Gasteiger partial charge in [-0.25, -0.2) is 8.78 Å². The molecule has 0 bridgehead atoms. The molecule has 0 aliphatic heterocycles. The van der Waals surface area contributed by atoms with Crippen LogP contribution in [0.4, 0.5) is 8.78 Å². The zero-order chi connectivity index (χ0) is 11.5. The van der Waals surface area contributed by atoms with Gasteiger partial charge in [-0.3, -0.25) is 0 Å². The molecule has 16 heavy (non-hydrogen) atoms. The molecule has 2 rings (SSSR count). The van der Waals surface area contributed by atoms with Crippen molar-refractivity contribution >= 4 is 0 Å². The van der Waals surface area contributed by atoms with Gasteiger partial charge in [-0.05, 0) is 49.4 Å². The molecule has 88 valence electrons. The topological polar surface area (TPSA) is 12.0 Å². The average Bonchev–Trinajstić information content (AvgIpc) is 2.21. The molecule has 0 unspecified atom stereocenters. The lowest BCUT2D eigenvalue weighted by Crippen LogP contribution is -2.40. The molecule has 0 aromatic heterocycles. The van der Waals surface area contributed by atoms with Gasteiger partial charge in [0, 0.05) is 6.04 Å². The lowest BCUT2D eigenvalue weighted by atomic mass is 9.76. The Hall–Kier alpha value is -0.960. The maximum atomic E-state index is 13.0. The van der Waals surface area contributed by atoms with Gasteiger partial charge in [0.15, 0.2) is 11.6 Å². The van der Waals surface area contributed by atoms with Crippen molar-refractivity contribution in [1.29, 1.82) is 0 Å². The number of hydrogen-bond donors (Lipinski definition) is 1. The van der Waals surface area contributed by atoms with Gasteiger partial charge in [-0.15, -0.1) is 0 Å². The van der Waals surface area contributed by atoms with Crippen LogP contribution in [-0.2, 0) is 0 Å². The molecule has 1 nitrogen and oxygen atoms in total. The summed E-state index contributed by atoms with van der Waals surface area (Å²) in [6, 6.07) is 4.80. The summed E-state index contributed by atoms with van der Waals surface area (Å²) in [6.07, 6.45) is 3.20. The van der Waals surface area contributed by atoms with Gasteiger partial charge in [-0.2, -0.15) is 0 Å². The van der Waals surface area contributed by atoms with E-state index < -0.39 is 11.6 Å². The molecule has 0 spiro atoms. The highest BCUT2D eigenvalue weighted by Crippen LogP contribution is 2.37. The van der Waals surface area contributed by atoms with Gasteiger partial charge in [0.2, 0.25) is 0 Å². The monoisotopic (exact) mass is 225 g/mol. The van der Waals surface area contributed by atoms with Crippen molar-refractivity contribution in [3.63, 3.8) is 0 Å². The first kappa shape index (κ1) is 11.5. The van der Waals surface area contributed by atoms with Gasteiger partial charge in [0.1, 0.15) is 0 Å². The van der Waals surface area contributed by atoms with Crippen molar-refractivity contribution in [2.75, 3.05) is 6.54 Å². The fraction of sp³-hybridized carbons (Fsp3) is 0.538. The van der Waals surface area contributed by atoms with E-state index in [1.54, 1.807) is 6.07 Å². The second-order valence-corrected chi connectivity index (χ2v) is 4.49. The molecular weight excluding hydrogens is 208 g/mol. The Morgan fingerprint density at radius 2 is 2.00 bits per heavy atom. The van der Waals surface area contributed by atoms with Crippen LogP contribution in [0.25, 0.3) is 0 Å². The van der Waals surface area contributed by atoms with Crippen molar-refractivity contribution in [2.24, 2.45) is 0 Å². The maximum absolute atomic E-state index is 13.0. The highest BCUT2D eigenvalue weighted by Gasteiger charge is 2.29. The number of hydrogen-bond acceptors (Lipinski definition) is 1. The minimum Gasteiger partial charge on any atom is -0.314 e. The molecule has 1 aliphatic carbocycles. The first-order valence-corrected chi connectivity index (χ1v) is 5.89. The summed E-state index contributed by atoms with van der Waals surface area (Å²) in [5.41, 5.74) is 0.924. The smallest absolute Gasteiger partial charge is 0.159 e. The number of rotatable bonds is 4. The molecule has 0 saturated heterocycles. The Morgan fingerprint density at radius 1 is 1.25 bits per heavy atom. The van der Waals surface area contributed by atoms with Crippen LogP contribution in [-0.4, -0.2) is 12.6 Å². The van der Waals surface area contributed by atoms with E-state index in [1.165, 1.54) is 12.1 Å². The fourth-order valence-electron chi connectivity index (χ4n) is 2.17. The van der Waals surface area contributed by atoms with Gasteiger partial charge in [-0.1, -0.05) is 13.0 Å². The maximum Gasteiger partial charge on any atom is 0.159 e. The molecular formula is C13H17F2N. The van der Waals surface area contributed by atoms with E-state index in [9.17, 15) is 8.78 Å².